The van der Waals surface area contributed by atoms with Gasteiger partial charge in [0, 0.05) is 32.3 Å². The van der Waals surface area contributed by atoms with Crippen LogP contribution in [0.2, 0.25) is 0 Å². The van der Waals surface area contributed by atoms with Crippen LogP contribution in [-0.2, 0) is 11.3 Å². The van der Waals surface area contributed by atoms with Crippen LogP contribution in [0.5, 0.6) is 5.75 Å². The van der Waals surface area contributed by atoms with E-state index in [0.717, 1.165) is 12.8 Å². The molecule has 0 heterocycles. The van der Waals surface area contributed by atoms with E-state index in [4.69, 9.17) is 4.74 Å². The maximum absolute atomic E-state index is 12.4. The van der Waals surface area contributed by atoms with Crippen molar-refractivity contribution in [2.75, 3.05) is 26.8 Å². The van der Waals surface area contributed by atoms with E-state index in [1.807, 2.05) is 0 Å². The normalized spacial score (nSPS) is 12.1. The first-order valence-corrected chi connectivity index (χ1v) is 7.82. The first-order chi connectivity index (χ1) is 11.5. The van der Waals surface area contributed by atoms with Crippen LogP contribution in [0, 0.1) is 0 Å². The van der Waals surface area contributed by atoms with Crippen LogP contribution in [0.1, 0.15) is 25.3 Å². The molecule has 0 atom stereocenters. The number of para-hydroxylation sites is 1. The van der Waals surface area contributed by atoms with Gasteiger partial charge >= 0.3 is 6.36 Å². The molecular weight excluding hydrogens is 323 g/mol. The molecule has 8 heteroatoms. The van der Waals surface area contributed by atoms with Gasteiger partial charge in [0.1, 0.15) is 5.75 Å². The first kappa shape index (κ1) is 20.1. The van der Waals surface area contributed by atoms with Gasteiger partial charge in [-0.1, -0.05) is 31.5 Å². The fourth-order valence-corrected chi connectivity index (χ4v) is 1.86. The van der Waals surface area contributed by atoms with E-state index in [1.165, 1.54) is 12.1 Å². The molecule has 0 amide bonds. The van der Waals surface area contributed by atoms with Crippen molar-refractivity contribution in [2.45, 2.75) is 32.7 Å². The van der Waals surface area contributed by atoms with Crippen molar-refractivity contribution >= 4 is 5.96 Å². The molecule has 24 heavy (non-hydrogen) atoms. The Morgan fingerprint density at radius 3 is 2.58 bits per heavy atom. The highest BCUT2D eigenvalue weighted by Gasteiger charge is 2.31. The molecule has 1 aromatic rings. The van der Waals surface area contributed by atoms with E-state index in [-0.39, 0.29) is 12.3 Å². The molecule has 0 saturated carbocycles. The summed E-state index contributed by atoms with van der Waals surface area (Å²) in [5, 5.41) is 5.99. The Morgan fingerprint density at radius 2 is 1.92 bits per heavy atom. The highest BCUT2D eigenvalue weighted by molar-refractivity contribution is 5.79. The van der Waals surface area contributed by atoms with Crippen LogP contribution in [0.4, 0.5) is 13.2 Å². The Kier molecular flexibility index (Phi) is 8.99. The number of hydrogen-bond donors (Lipinski definition) is 2. The zero-order valence-electron chi connectivity index (χ0n) is 13.9. The summed E-state index contributed by atoms with van der Waals surface area (Å²) in [6.07, 6.45) is -2.62. The van der Waals surface area contributed by atoms with Crippen molar-refractivity contribution in [3.05, 3.63) is 29.8 Å². The van der Waals surface area contributed by atoms with Crippen molar-refractivity contribution in [1.29, 1.82) is 0 Å². The summed E-state index contributed by atoms with van der Waals surface area (Å²) in [6.45, 7) is 4.06. The maximum atomic E-state index is 12.4. The SMILES string of the molecule is CCCCOCCNC(=NC)NCc1ccccc1OC(F)(F)F. The Bertz CT molecular complexity index is 508. The number of nitrogens with zero attached hydrogens (tertiary/aromatic N) is 1. The van der Waals surface area contributed by atoms with Gasteiger partial charge in [-0.2, -0.15) is 0 Å². The molecule has 0 aliphatic rings. The van der Waals surface area contributed by atoms with Gasteiger partial charge in [0.05, 0.1) is 6.61 Å². The van der Waals surface area contributed by atoms with E-state index in [0.29, 0.717) is 31.3 Å². The van der Waals surface area contributed by atoms with Gasteiger partial charge in [-0.3, -0.25) is 4.99 Å². The highest BCUT2D eigenvalue weighted by atomic mass is 19.4. The Labute approximate surface area is 140 Å². The number of halogens is 3. The summed E-state index contributed by atoms with van der Waals surface area (Å²) in [6, 6.07) is 5.99. The zero-order valence-corrected chi connectivity index (χ0v) is 13.9. The minimum Gasteiger partial charge on any atom is -0.405 e. The van der Waals surface area contributed by atoms with Gasteiger partial charge < -0.3 is 20.1 Å². The number of rotatable bonds is 9. The number of benzene rings is 1. The van der Waals surface area contributed by atoms with E-state index in [1.54, 1.807) is 19.2 Å². The van der Waals surface area contributed by atoms with Crippen LogP contribution in [0.3, 0.4) is 0 Å². The van der Waals surface area contributed by atoms with E-state index >= 15 is 0 Å². The number of hydrogen-bond acceptors (Lipinski definition) is 3. The minimum atomic E-state index is -4.72. The molecule has 0 fully saturated rings. The quantitative estimate of drug-likeness (QED) is 0.410. The summed E-state index contributed by atoms with van der Waals surface area (Å²) in [7, 11) is 1.59. The van der Waals surface area contributed by atoms with Gasteiger partial charge in [0.2, 0.25) is 0 Å². The predicted octanol–water partition coefficient (Wildman–Crippen LogP) is 3.07. The van der Waals surface area contributed by atoms with Crippen LogP contribution in [0.15, 0.2) is 29.3 Å². The largest absolute Gasteiger partial charge is 0.573 e. The van der Waals surface area contributed by atoms with Gasteiger partial charge in [0.15, 0.2) is 5.96 Å². The number of aliphatic imine (C=N–C) groups is 1. The first-order valence-electron chi connectivity index (χ1n) is 7.82. The third-order valence-corrected chi connectivity index (χ3v) is 3.05. The molecule has 5 nitrogen and oxygen atoms in total. The molecule has 0 aliphatic carbocycles. The minimum absolute atomic E-state index is 0.155. The highest BCUT2D eigenvalue weighted by Crippen LogP contribution is 2.25. The number of nitrogens with one attached hydrogen (secondary N) is 2. The average Bonchev–Trinajstić information content (AvgIpc) is 2.53. The molecule has 0 radical (unpaired) electrons. The fraction of sp³-hybridized carbons (Fsp3) is 0.562. The molecule has 2 N–H and O–H groups in total. The Hall–Kier alpha value is -1.96. The van der Waals surface area contributed by atoms with Gasteiger partial charge in [-0.05, 0) is 12.5 Å². The molecular formula is C16H24F3N3O2. The molecule has 0 aromatic heterocycles. The summed E-state index contributed by atoms with van der Waals surface area (Å²) < 4.78 is 46.6. The molecule has 0 spiro atoms. The van der Waals surface area contributed by atoms with E-state index < -0.39 is 6.36 Å². The van der Waals surface area contributed by atoms with Crippen molar-refractivity contribution in [3.8, 4) is 5.75 Å². The lowest BCUT2D eigenvalue weighted by atomic mass is 10.2. The smallest absolute Gasteiger partial charge is 0.405 e. The van der Waals surface area contributed by atoms with Gasteiger partial charge in [0.25, 0.3) is 0 Å². The summed E-state index contributed by atoms with van der Waals surface area (Å²) in [5.41, 5.74) is 0.386. The average molecular weight is 347 g/mol. The molecule has 0 aliphatic heterocycles. The number of unbranched alkanes of at least 4 members (excludes halogenated alkanes) is 1. The summed E-state index contributed by atoms with van der Waals surface area (Å²) in [5.74, 6) is 0.256. The van der Waals surface area contributed by atoms with Gasteiger partial charge in [-0.25, -0.2) is 0 Å². The maximum Gasteiger partial charge on any atom is 0.573 e. The zero-order chi connectivity index (χ0) is 17.8. The Balaban J connectivity index is 2.43. The number of guanidine groups is 1. The molecule has 0 bridgehead atoms. The third kappa shape index (κ3) is 8.61. The number of alkyl halides is 3. The lowest BCUT2D eigenvalue weighted by molar-refractivity contribution is -0.274. The topological polar surface area (TPSA) is 54.9 Å². The lowest BCUT2D eigenvalue weighted by Crippen LogP contribution is -2.38. The lowest BCUT2D eigenvalue weighted by Gasteiger charge is -2.15. The molecule has 0 unspecified atom stereocenters. The summed E-state index contributed by atoms with van der Waals surface area (Å²) in [4.78, 5) is 4.02. The second kappa shape index (κ2) is 10.7. The van der Waals surface area contributed by atoms with Crippen LogP contribution >= 0.6 is 0 Å². The van der Waals surface area contributed by atoms with Crippen molar-refractivity contribution in [1.82, 2.24) is 10.6 Å². The van der Waals surface area contributed by atoms with E-state index in [9.17, 15) is 13.2 Å². The van der Waals surface area contributed by atoms with Crippen molar-refractivity contribution < 1.29 is 22.6 Å². The van der Waals surface area contributed by atoms with Crippen molar-refractivity contribution in [2.24, 2.45) is 4.99 Å². The van der Waals surface area contributed by atoms with Crippen LogP contribution < -0.4 is 15.4 Å². The van der Waals surface area contributed by atoms with Crippen LogP contribution in [0.25, 0.3) is 0 Å². The summed E-state index contributed by atoms with van der Waals surface area (Å²) >= 11 is 0. The van der Waals surface area contributed by atoms with Crippen molar-refractivity contribution in [3.63, 3.8) is 0 Å². The molecule has 1 rings (SSSR count). The van der Waals surface area contributed by atoms with E-state index in [2.05, 4.69) is 27.3 Å². The van der Waals surface area contributed by atoms with Gasteiger partial charge in [-0.15, -0.1) is 13.2 Å². The monoisotopic (exact) mass is 347 g/mol. The standard InChI is InChI=1S/C16H24F3N3O2/c1-3-4-10-23-11-9-21-15(20-2)22-12-13-7-5-6-8-14(13)24-16(17,18)19/h5-8H,3-4,9-12H2,1-2H3,(H2,20,21,22). The Morgan fingerprint density at radius 1 is 1.17 bits per heavy atom. The molecule has 136 valence electrons. The predicted molar refractivity (Wildman–Crippen MR) is 87.1 cm³/mol. The molecule has 1 aromatic carbocycles. The third-order valence-electron chi connectivity index (χ3n) is 3.05. The fourth-order valence-electron chi connectivity index (χ4n) is 1.86. The van der Waals surface area contributed by atoms with Crippen LogP contribution in [-0.4, -0.2) is 39.1 Å². The number of ether oxygens (including phenoxy) is 2. The second-order valence-electron chi connectivity index (χ2n) is 4.97. The second-order valence-corrected chi connectivity index (χ2v) is 4.97. The molecule has 0 saturated heterocycles.